The summed E-state index contributed by atoms with van der Waals surface area (Å²) >= 11 is 0. The van der Waals surface area contributed by atoms with E-state index in [1.54, 1.807) is 0 Å². The molecular weight excluding hydrogens is 368 g/mol. The van der Waals surface area contributed by atoms with E-state index in [4.69, 9.17) is 9.29 Å². The van der Waals surface area contributed by atoms with Crippen molar-refractivity contribution in [3.05, 3.63) is 53.6 Å². The standard InChI is InChI=1S/C19H24N2O5S/c1-13-8-9-17(16(10-13)19(2,3)4)26-12-20-18(22)21-14-6-5-7-15(11-14)27(23,24)25/h5-11H,12H2,1-4H3,(H2,20,21,22)(H,23,24,25). The molecule has 0 unspecified atom stereocenters. The molecule has 0 aliphatic carbocycles. The minimum atomic E-state index is -4.33. The molecule has 146 valence electrons. The van der Waals surface area contributed by atoms with E-state index < -0.39 is 16.1 Å². The van der Waals surface area contributed by atoms with Gasteiger partial charge in [-0.15, -0.1) is 0 Å². The predicted molar refractivity (Wildman–Crippen MR) is 104 cm³/mol. The summed E-state index contributed by atoms with van der Waals surface area (Å²) in [4.78, 5) is 11.7. The van der Waals surface area contributed by atoms with E-state index >= 15 is 0 Å². The topological polar surface area (TPSA) is 105 Å². The molecule has 0 aromatic heterocycles. The van der Waals surface area contributed by atoms with Gasteiger partial charge in [0, 0.05) is 5.69 Å². The number of aryl methyl sites for hydroxylation is 1. The van der Waals surface area contributed by atoms with Crippen molar-refractivity contribution in [2.24, 2.45) is 0 Å². The third-order valence-corrected chi connectivity index (χ3v) is 4.64. The SMILES string of the molecule is Cc1ccc(OCNC(=O)Nc2cccc(S(=O)(=O)O)c2)c(C(C)(C)C)c1. The smallest absolute Gasteiger partial charge is 0.321 e. The number of carbonyl (C=O) groups is 1. The van der Waals surface area contributed by atoms with Crippen molar-refractivity contribution in [3.8, 4) is 5.75 Å². The maximum atomic E-state index is 12.0. The van der Waals surface area contributed by atoms with Crippen molar-refractivity contribution >= 4 is 21.8 Å². The van der Waals surface area contributed by atoms with Crippen LogP contribution in [0.15, 0.2) is 47.4 Å². The molecule has 2 amide bonds. The van der Waals surface area contributed by atoms with Gasteiger partial charge in [-0.2, -0.15) is 8.42 Å². The van der Waals surface area contributed by atoms with E-state index in [0.717, 1.165) is 17.2 Å². The lowest BCUT2D eigenvalue weighted by atomic mass is 9.85. The van der Waals surface area contributed by atoms with E-state index in [0.29, 0.717) is 5.75 Å². The second-order valence-corrected chi connectivity index (χ2v) is 8.59. The number of urea groups is 1. The van der Waals surface area contributed by atoms with Crippen LogP contribution in [-0.4, -0.2) is 25.7 Å². The van der Waals surface area contributed by atoms with Gasteiger partial charge in [0.15, 0.2) is 6.73 Å². The highest BCUT2D eigenvalue weighted by Crippen LogP contribution is 2.32. The van der Waals surface area contributed by atoms with E-state index in [2.05, 4.69) is 37.5 Å². The number of benzene rings is 2. The van der Waals surface area contributed by atoms with E-state index in [-0.39, 0.29) is 22.7 Å². The third-order valence-electron chi connectivity index (χ3n) is 3.79. The Balaban J connectivity index is 1.98. The maximum absolute atomic E-state index is 12.0. The summed E-state index contributed by atoms with van der Waals surface area (Å²) in [6.07, 6.45) is 0. The Bertz CT molecular complexity index is 933. The summed E-state index contributed by atoms with van der Waals surface area (Å²) in [5.74, 6) is 0.682. The average Bonchev–Trinajstić information content (AvgIpc) is 2.54. The molecule has 0 aliphatic rings. The van der Waals surface area contributed by atoms with Crippen molar-refractivity contribution in [2.75, 3.05) is 12.0 Å². The molecule has 0 fully saturated rings. The summed E-state index contributed by atoms with van der Waals surface area (Å²) in [5, 5.41) is 5.04. The van der Waals surface area contributed by atoms with Crippen LogP contribution in [0.5, 0.6) is 5.75 Å². The van der Waals surface area contributed by atoms with E-state index in [1.807, 2.05) is 19.1 Å². The lowest BCUT2D eigenvalue weighted by Crippen LogP contribution is -2.32. The molecule has 27 heavy (non-hydrogen) atoms. The number of nitrogens with one attached hydrogen (secondary N) is 2. The monoisotopic (exact) mass is 392 g/mol. The molecule has 2 aromatic carbocycles. The van der Waals surface area contributed by atoms with Crippen LogP contribution in [-0.2, 0) is 15.5 Å². The van der Waals surface area contributed by atoms with Gasteiger partial charge in [-0.1, -0.05) is 44.5 Å². The zero-order chi connectivity index (χ0) is 20.2. The normalized spacial score (nSPS) is 11.7. The molecule has 0 bridgehead atoms. The first kappa shape index (κ1) is 20.7. The van der Waals surface area contributed by atoms with Crippen LogP contribution in [0.2, 0.25) is 0 Å². The molecule has 7 nitrogen and oxygen atoms in total. The number of carbonyl (C=O) groups excluding carboxylic acids is 1. The lowest BCUT2D eigenvalue weighted by Gasteiger charge is -2.23. The Morgan fingerprint density at radius 3 is 2.48 bits per heavy atom. The van der Waals surface area contributed by atoms with Crippen LogP contribution in [0.1, 0.15) is 31.9 Å². The van der Waals surface area contributed by atoms with Crippen LogP contribution in [0.4, 0.5) is 10.5 Å². The molecule has 0 heterocycles. The van der Waals surface area contributed by atoms with Gasteiger partial charge in [0.05, 0.1) is 4.90 Å². The fourth-order valence-corrected chi connectivity index (χ4v) is 2.97. The molecule has 0 spiro atoms. The molecule has 0 saturated heterocycles. The van der Waals surface area contributed by atoms with Gasteiger partial charge >= 0.3 is 6.03 Å². The lowest BCUT2D eigenvalue weighted by molar-refractivity contribution is 0.233. The van der Waals surface area contributed by atoms with Gasteiger partial charge < -0.3 is 15.4 Å². The number of ether oxygens (including phenoxy) is 1. The molecule has 2 aromatic rings. The zero-order valence-electron chi connectivity index (χ0n) is 15.7. The van der Waals surface area contributed by atoms with Gasteiger partial charge in [0.2, 0.25) is 0 Å². The number of hydrogen-bond donors (Lipinski definition) is 3. The Hall–Kier alpha value is -2.58. The minimum absolute atomic E-state index is 0.0596. The number of hydrogen-bond acceptors (Lipinski definition) is 4. The Morgan fingerprint density at radius 2 is 1.85 bits per heavy atom. The highest BCUT2D eigenvalue weighted by Gasteiger charge is 2.19. The van der Waals surface area contributed by atoms with Crippen molar-refractivity contribution in [1.29, 1.82) is 0 Å². The van der Waals surface area contributed by atoms with E-state index in [9.17, 15) is 13.2 Å². The molecule has 0 aliphatic heterocycles. The molecular formula is C19H24N2O5S. The quantitative estimate of drug-likeness (QED) is 0.532. The van der Waals surface area contributed by atoms with Gasteiger partial charge in [-0.3, -0.25) is 4.55 Å². The van der Waals surface area contributed by atoms with Gasteiger partial charge in [0.25, 0.3) is 10.1 Å². The predicted octanol–water partition coefficient (Wildman–Crippen LogP) is 3.70. The molecule has 0 saturated carbocycles. The Kier molecular flexibility index (Phi) is 6.12. The molecule has 2 rings (SSSR count). The largest absolute Gasteiger partial charge is 0.473 e. The van der Waals surface area contributed by atoms with Gasteiger partial charge in [-0.25, -0.2) is 4.79 Å². The summed E-state index contributed by atoms with van der Waals surface area (Å²) < 4.78 is 37.0. The number of anilines is 1. The van der Waals surface area contributed by atoms with E-state index in [1.165, 1.54) is 18.2 Å². The van der Waals surface area contributed by atoms with Crippen molar-refractivity contribution in [2.45, 2.75) is 38.0 Å². The third kappa shape index (κ3) is 5.97. The fraction of sp³-hybridized carbons (Fsp3) is 0.316. The molecule has 0 atom stereocenters. The molecule has 0 radical (unpaired) electrons. The van der Waals surface area contributed by atoms with Crippen molar-refractivity contribution in [1.82, 2.24) is 5.32 Å². The van der Waals surface area contributed by atoms with Crippen molar-refractivity contribution in [3.63, 3.8) is 0 Å². The van der Waals surface area contributed by atoms with Crippen LogP contribution >= 0.6 is 0 Å². The summed E-state index contributed by atoms with van der Waals surface area (Å²) in [6, 6.07) is 10.6. The van der Waals surface area contributed by atoms with Crippen LogP contribution in [0.25, 0.3) is 0 Å². The van der Waals surface area contributed by atoms with Gasteiger partial charge in [-0.05, 0) is 42.2 Å². The minimum Gasteiger partial charge on any atom is -0.473 e. The van der Waals surface area contributed by atoms with Crippen LogP contribution in [0, 0.1) is 6.92 Å². The summed E-state index contributed by atoms with van der Waals surface area (Å²) in [5.41, 5.74) is 2.27. The number of amides is 2. The van der Waals surface area contributed by atoms with Crippen LogP contribution in [0.3, 0.4) is 0 Å². The Morgan fingerprint density at radius 1 is 1.15 bits per heavy atom. The number of rotatable bonds is 5. The second kappa shape index (κ2) is 7.98. The zero-order valence-corrected chi connectivity index (χ0v) is 16.6. The Labute approximate surface area is 159 Å². The van der Waals surface area contributed by atoms with Gasteiger partial charge in [0.1, 0.15) is 5.75 Å². The first-order chi connectivity index (χ1) is 12.5. The average molecular weight is 392 g/mol. The summed E-state index contributed by atoms with van der Waals surface area (Å²) in [7, 11) is -4.33. The highest BCUT2D eigenvalue weighted by atomic mass is 32.2. The first-order valence-electron chi connectivity index (χ1n) is 8.33. The molecule has 8 heteroatoms. The summed E-state index contributed by atoms with van der Waals surface area (Å²) in [6.45, 7) is 8.19. The first-order valence-corrected chi connectivity index (χ1v) is 9.77. The molecule has 3 N–H and O–H groups in total. The maximum Gasteiger partial charge on any atom is 0.321 e. The van der Waals surface area contributed by atoms with Crippen LogP contribution < -0.4 is 15.4 Å². The highest BCUT2D eigenvalue weighted by molar-refractivity contribution is 7.85. The van der Waals surface area contributed by atoms with Crippen molar-refractivity contribution < 1.29 is 22.5 Å². The fourth-order valence-electron chi connectivity index (χ4n) is 2.44. The second-order valence-electron chi connectivity index (χ2n) is 7.17.